The number of benzene rings is 1. The lowest BCUT2D eigenvalue weighted by atomic mass is 9.95. The molecule has 1 saturated heterocycles. The largest absolute Gasteiger partial charge is 0.416 e. The van der Waals surface area contributed by atoms with Crippen LogP contribution in [0.5, 0.6) is 0 Å². The predicted octanol–water partition coefficient (Wildman–Crippen LogP) is 3.11. The lowest BCUT2D eigenvalue weighted by molar-refractivity contribution is -0.137. The van der Waals surface area contributed by atoms with E-state index in [9.17, 15) is 21.6 Å². The number of ether oxygens (including phenoxy) is 1. The Balaban J connectivity index is 2.29. The Bertz CT molecular complexity index is 638. The van der Waals surface area contributed by atoms with Crippen molar-refractivity contribution in [2.24, 2.45) is 5.92 Å². The first-order valence-electron chi connectivity index (χ1n) is 7.37. The van der Waals surface area contributed by atoms with Gasteiger partial charge in [-0.3, -0.25) is 0 Å². The van der Waals surface area contributed by atoms with Gasteiger partial charge < -0.3 is 4.74 Å². The number of alkyl halides is 3. The van der Waals surface area contributed by atoms with Crippen molar-refractivity contribution in [3.8, 4) is 0 Å². The minimum atomic E-state index is -4.46. The van der Waals surface area contributed by atoms with E-state index in [1.54, 1.807) is 13.8 Å². The summed E-state index contributed by atoms with van der Waals surface area (Å²) in [6, 6.07) is 4.05. The highest BCUT2D eigenvalue weighted by atomic mass is 32.2. The first-order valence-corrected chi connectivity index (χ1v) is 8.92. The molecular formula is C15H20F3NO3S. The normalized spacial score (nSPS) is 20.9. The zero-order chi connectivity index (χ0) is 17.3. The van der Waals surface area contributed by atoms with Gasteiger partial charge >= 0.3 is 6.18 Å². The van der Waals surface area contributed by atoms with Crippen LogP contribution in [-0.4, -0.2) is 26.9 Å². The van der Waals surface area contributed by atoms with Gasteiger partial charge in [-0.15, -0.1) is 0 Å². The molecule has 0 radical (unpaired) electrons. The molecule has 0 spiro atoms. The van der Waals surface area contributed by atoms with Gasteiger partial charge in [0.1, 0.15) is 5.25 Å². The highest BCUT2D eigenvalue weighted by Crippen LogP contribution is 2.32. The third kappa shape index (κ3) is 4.45. The summed E-state index contributed by atoms with van der Waals surface area (Å²) in [7, 11) is -3.66. The molecule has 8 heteroatoms. The van der Waals surface area contributed by atoms with Gasteiger partial charge in [0, 0.05) is 12.6 Å². The Morgan fingerprint density at radius 3 is 2.52 bits per heavy atom. The molecule has 1 aliphatic heterocycles. The third-order valence-electron chi connectivity index (χ3n) is 3.86. The van der Waals surface area contributed by atoms with Crippen LogP contribution >= 0.6 is 0 Å². The van der Waals surface area contributed by atoms with E-state index in [0.29, 0.717) is 18.6 Å². The van der Waals surface area contributed by atoms with E-state index in [1.807, 2.05) is 0 Å². The van der Waals surface area contributed by atoms with Crippen molar-refractivity contribution in [3.05, 3.63) is 35.4 Å². The van der Waals surface area contributed by atoms with Crippen LogP contribution < -0.4 is 4.72 Å². The van der Waals surface area contributed by atoms with Gasteiger partial charge in [0.2, 0.25) is 10.0 Å². The van der Waals surface area contributed by atoms with E-state index >= 15 is 0 Å². The molecule has 1 aliphatic rings. The SMILES string of the molecule is CC(C)C(NS(=O)(=O)C1CCOC1)c1cccc(C(F)(F)F)c1. The van der Waals surface area contributed by atoms with Crippen LogP contribution in [0.2, 0.25) is 0 Å². The topological polar surface area (TPSA) is 55.4 Å². The monoisotopic (exact) mass is 351 g/mol. The molecule has 130 valence electrons. The van der Waals surface area contributed by atoms with E-state index in [-0.39, 0.29) is 12.5 Å². The fraction of sp³-hybridized carbons (Fsp3) is 0.600. The molecule has 2 rings (SSSR count). The Morgan fingerprint density at radius 1 is 1.30 bits per heavy atom. The summed E-state index contributed by atoms with van der Waals surface area (Å²) in [4.78, 5) is 0. The summed E-state index contributed by atoms with van der Waals surface area (Å²) in [5, 5.41) is -0.658. The summed E-state index contributed by atoms with van der Waals surface area (Å²) in [6.45, 7) is 4.02. The maximum atomic E-state index is 12.9. The molecule has 1 N–H and O–H groups in total. The molecule has 1 aromatic carbocycles. The Kier molecular flexibility index (Phi) is 5.37. The van der Waals surface area contributed by atoms with Crippen molar-refractivity contribution in [2.75, 3.05) is 13.2 Å². The van der Waals surface area contributed by atoms with Crippen LogP contribution in [0.4, 0.5) is 13.2 Å². The minimum Gasteiger partial charge on any atom is -0.380 e. The molecule has 2 unspecified atom stereocenters. The van der Waals surface area contributed by atoms with Gasteiger partial charge in [-0.25, -0.2) is 13.1 Å². The van der Waals surface area contributed by atoms with Crippen LogP contribution in [0.15, 0.2) is 24.3 Å². The molecule has 1 fully saturated rings. The van der Waals surface area contributed by atoms with Crippen molar-refractivity contribution in [1.82, 2.24) is 4.72 Å². The van der Waals surface area contributed by atoms with Crippen LogP contribution in [0, 0.1) is 5.92 Å². The first kappa shape index (κ1) is 18.2. The zero-order valence-electron chi connectivity index (χ0n) is 12.9. The number of rotatable bonds is 5. The van der Waals surface area contributed by atoms with Crippen LogP contribution in [0.1, 0.15) is 37.4 Å². The second kappa shape index (κ2) is 6.78. The lowest BCUT2D eigenvalue weighted by Crippen LogP contribution is -2.39. The smallest absolute Gasteiger partial charge is 0.380 e. The number of hydrogen-bond donors (Lipinski definition) is 1. The highest BCUT2D eigenvalue weighted by molar-refractivity contribution is 7.90. The van der Waals surface area contributed by atoms with E-state index < -0.39 is 33.1 Å². The van der Waals surface area contributed by atoms with E-state index in [4.69, 9.17) is 4.74 Å². The fourth-order valence-corrected chi connectivity index (χ4v) is 4.16. The Morgan fingerprint density at radius 2 is 2.00 bits per heavy atom. The lowest BCUT2D eigenvalue weighted by Gasteiger charge is -2.25. The summed E-state index contributed by atoms with van der Waals surface area (Å²) in [6.07, 6.45) is -4.07. The van der Waals surface area contributed by atoms with Crippen LogP contribution in [0.3, 0.4) is 0 Å². The zero-order valence-corrected chi connectivity index (χ0v) is 13.7. The van der Waals surface area contributed by atoms with Crippen molar-refractivity contribution >= 4 is 10.0 Å². The van der Waals surface area contributed by atoms with Gasteiger partial charge in [0.15, 0.2) is 0 Å². The summed E-state index contributed by atoms with van der Waals surface area (Å²) in [5.41, 5.74) is -0.485. The van der Waals surface area contributed by atoms with E-state index in [0.717, 1.165) is 12.1 Å². The van der Waals surface area contributed by atoms with Crippen LogP contribution in [0.25, 0.3) is 0 Å². The van der Waals surface area contributed by atoms with Crippen molar-refractivity contribution in [1.29, 1.82) is 0 Å². The van der Waals surface area contributed by atoms with E-state index in [1.165, 1.54) is 12.1 Å². The van der Waals surface area contributed by atoms with Gasteiger partial charge in [-0.2, -0.15) is 13.2 Å². The molecule has 0 saturated carbocycles. The highest BCUT2D eigenvalue weighted by Gasteiger charge is 2.34. The molecule has 0 aliphatic carbocycles. The standard InChI is InChI=1S/C15H20F3NO3S/c1-10(2)14(19-23(20,21)13-6-7-22-9-13)11-4-3-5-12(8-11)15(16,17)18/h3-5,8,10,13-14,19H,6-7,9H2,1-2H3. The number of hydrogen-bond acceptors (Lipinski definition) is 3. The van der Waals surface area contributed by atoms with Gasteiger partial charge in [0.25, 0.3) is 0 Å². The summed E-state index contributed by atoms with van der Waals surface area (Å²) in [5.74, 6) is -0.199. The summed E-state index contributed by atoms with van der Waals surface area (Å²) >= 11 is 0. The maximum absolute atomic E-state index is 12.9. The minimum absolute atomic E-state index is 0.114. The first-order chi connectivity index (χ1) is 10.6. The second-order valence-corrected chi connectivity index (χ2v) is 7.99. The van der Waals surface area contributed by atoms with Crippen LogP contribution in [-0.2, 0) is 20.9 Å². The number of sulfonamides is 1. The van der Waals surface area contributed by atoms with Crippen molar-refractivity contribution < 1.29 is 26.3 Å². The molecule has 0 aromatic heterocycles. The van der Waals surface area contributed by atoms with Crippen molar-refractivity contribution in [2.45, 2.75) is 37.7 Å². The third-order valence-corrected chi connectivity index (χ3v) is 5.69. The number of nitrogens with one attached hydrogen (secondary N) is 1. The molecule has 2 atom stereocenters. The van der Waals surface area contributed by atoms with Gasteiger partial charge in [-0.05, 0) is 30.0 Å². The Hall–Kier alpha value is -1.12. The molecule has 1 heterocycles. The van der Waals surface area contributed by atoms with Crippen molar-refractivity contribution in [3.63, 3.8) is 0 Å². The average Bonchev–Trinajstić information content (AvgIpc) is 2.99. The summed E-state index contributed by atoms with van der Waals surface area (Å²) < 4.78 is 71.0. The second-order valence-electron chi connectivity index (χ2n) is 5.99. The molecule has 23 heavy (non-hydrogen) atoms. The Labute approximate surface area is 134 Å². The predicted molar refractivity (Wildman–Crippen MR) is 80.3 cm³/mol. The quantitative estimate of drug-likeness (QED) is 0.887. The molecular weight excluding hydrogens is 331 g/mol. The van der Waals surface area contributed by atoms with Gasteiger partial charge in [-0.1, -0.05) is 26.0 Å². The number of halogens is 3. The van der Waals surface area contributed by atoms with E-state index in [2.05, 4.69) is 4.72 Å². The molecule has 0 bridgehead atoms. The molecule has 4 nitrogen and oxygen atoms in total. The average molecular weight is 351 g/mol. The molecule has 1 aromatic rings. The molecule has 0 amide bonds. The maximum Gasteiger partial charge on any atom is 0.416 e. The fourth-order valence-electron chi connectivity index (χ4n) is 2.53. The van der Waals surface area contributed by atoms with Gasteiger partial charge in [0.05, 0.1) is 12.2 Å².